The maximum Gasteiger partial charge on any atom is 0.255 e. The van der Waals surface area contributed by atoms with Crippen LogP contribution in [0.3, 0.4) is 0 Å². The first-order valence-corrected chi connectivity index (χ1v) is 11.2. The molecule has 1 unspecified atom stereocenters. The topological polar surface area (TPSA) is 69.7 Å². The van der Waals surface area contributed by atoms with Crippen molar-refractivity contribution in [2.45, 2.75) is 32.1 Å². The summed E-state index contributed by atoms with van der Waals surface area (Å²) in [5, 5.41) is 2.87. The molecule has 1 saturated heterocycles. The second-order valence-electron chi connectivity index (χ2n) is 8.04. The molecule has 156 valence electrons. The van der Waals surface area contributed by atoms with Crippen LogP contribution < -0.4 is 10.2 Å². The highest BCUT2D eigenvalue weighted by Gasteiger charge is 2.23. The zero-order valence-corrected chi connectivity index (χ0v) is 18.5. The maximum absolute atomic E-state index is 12.8. The molecule has 6 nitrogen and oxygen atoms in total. The third-order valence-electron chi connectivity index (χ3n) is 5.55. The highest BCUT2D eigenvalue weighted by molar-refractivity contribution is 7.89. The van der Waals surface area contributed by atoms with E-state index in [0.717, 1.165) is 28.6 Å². The Balaban J connectivity index is 1.81. The fourth-order valence-corrected chi connectivity index (χ4v) is 4.77. The van der Waals surface area contributed by atoms with Crippen molar-refractivity contribution >= 4 is 27.3 Å². The Morgan fingerprint density at radius 1 is 1.14 bits per heavy atom. The van der Waals surface area contributed by atoms with E-state index in [2.05, 4.69) is 17.1 Å². The van der Waals surface area contributed by atoms with Crippen LogP contribution >= 0.6 is 0 Å². The van der Waals surface area contributed by atoms with Crippen molar-refractivity contribution in [3.05, 3.63) is 53.1 Å². The summed E-state index contributed by atoms with van der Waals surface area (Å²) in [6, 6.07) is 11.0. The van der Waals surface area contributed by atoms with Gasteiger partial charge in [0.25, 0.3) is 5.91 Å². The molecule has 0 saturated carbocycles. The van der Waals surface area contributed by atoms with Gasteiger partial charge in [-0.05, 0) is 73.7 Å². The van der Waals surface area contributed by atoms with Crippen LogP contribution in [0.4, 0.5) is 11.4 Å². The molecule has 0 bridgehead atoms. The van der Waals surface area contributed by atoms with E-state index in [1.54, 1.807) is 13.0 Å². The Hall–Kier alpha value is -2.38. The minimum Gasteiger partial charge on any atom is -0.371 e. The van der Waals surface area contributed by atoms with Crippen molar-refractivity contribution in [2.75, 3.05) is 37.4 Å². The molecule has 1 fully saturated rings. The van der Waals surface area contributed by atoms with Crippen molar-refractivity contribution in [3.63, 3.8) is 0 Å². The van der Waals surface area contributed by atoms with Gasteiger partial charge >= 0.3 is 0 Å². The zero-order chi connectivity index (χ0) is 21.3. The molecule has 0 radical (unpaired) electrons. The number of nitrogens with one attached hydrogen (secondary N) is 1. The number of hydrogen-bond donors (Lipinski definition) is 1. The number of sulfonamides is 1. The fraction of sp³-hybridized carbons (Fsp3) is 0.409. The largest absolute Gasteiger partial charge is 0.371 e. The summed E-state index contributed by atoms with van der Waals surface area (Å²) in [6.45, 7) is 7.93. The van der Waals surface area contributed by atoms with Gasteiger partial charge in [-0.15, -0.1) is 0 Å². The van der Waals surface area contributed by atoms with Crippen LogP contribution in [-0.4, -0.2) is 45.8 Å². The van der Waals surface area contributed by atoms with Crippen molar-refractivity contribution in [3.8, 4) is 0 Å². The van der Waals surface area contributed by atoms with Gasteiger partial charge in [-0.1, -0.05) is 6.92 Å². The number of anilines is 2. The predicted molar refractivity (Wildman–Crippen MR) is 117 cm³/mol. The molecular weight excluding hydrogens is 386 g/mol. The average molecular weight is 416 g/mol. The minimum atomic E-state index is -3.63. The van der Waals surface area contributed by atoms with E-state index in [1.165, 1.54) is 26.6 Å². The van der Waals surface area contributed by atoms with Crippen molar-refractivity contribution in [2.24, 2.45) is 5.92 Å². The van der Waals surface area contributed by atoms with Gasteiger partial charge in [0.05, 0.1) is 4.90 Å². The van der Waals surface area contributed by atoms with E-state index in [4.69, 9.17) is 0 Å². The molecule has 3 rings (SSSR count). The third-order valence-corrected chi connectivity index (χ3v) is 7.50. The lowest BCUT2D eigenvalue weighted by molar-refractivity contribution is 0.102. The molecule has 0 spiro atoms. The van der Waals surface area contributed by atoms with E-state index < -0.39 is 10.0 Å². The summed E-state index contributed by atoms with van der Waals surface area (Å²) >= 11 is 0. The van der Waals surface area contributed by atoms with Gasteiger partial charge in [-0.3, -0.25) is 4.79 Å². The molecule has 2 aromatic carbocycles. The quantitative estimate of drug-likeness (QED) is 0.809. The third kappa shape index (κ3) is 4.46. The number of benzene rings is 2. The zero-order valence-electron chi connectivity index (χ0n) is 17.7. The van der Waals surface area contributed by atoms with Crippen molar-refractivity contribution in [1.29, 1.82) is 0 Å². The standard InChI is InChI=1S/C22H29N3O3S/c1-15-10-11-25(14-15)20-8-6-19(7-9-20)23-22(26)18-12-16(2)17(3)21(13-18)29(27,28)24(4)5/h6-9,12-13,15H,10-11,14H2,1-5H3,(H,23,26). The lowest BCUT2D eigenvalue weighted by Crippen LogP contribution is -2.24. The molecule has 7 heteroatoms. The number of carbonyl (C=O) groups is 1. The molecule has 1 amide bonds. The van der Waals surface area contributed by atoms with Crippen LogP contribution in [0.15, 0.2) is 41.3 Å². The van der Waals surface area contributed by atoms with Crippen LogP contribution in [0.2, 0.25) is 0 Å². The van der Waals surface area contributed by atoms with Gasteiger partial charge in [0.1, 0.15) is 0 Å². The van der Waals surface area contributed by atoms with Crippen LogP contribution in [0.5, 0.6) is 0 Å². The summed E-state index contributed by atoms with van der Waals surface area (Å²) in [7, 11) is -0.659. The van der Waals surface area contributed by atoms with Crippen LogP contribution in [-0.2, 0) is 10.0 Å². The number of rotatable bonds is 5. The predicted octanol–water partition coefficient (Wildman–Crippen LogP) is 3.65. The molecule has 0 aliphatic carbocycles. The molecule has 0 aromatic heterocycles. The molecular formula is C22H29N3O3S. The normalized spacial score (nSPS) is 17.0. The van der Waals surface area contributed by atoms with Gasteiger partial charge in [-0.2, -0.15) is 0 Å². The van der Waals surface area contributed by atoms with Crippen LogP contribution in [0.1, 0.15) is 34.8 Å². The lowest BCUT2D eigenvalue weighted by Gasteiger charge is -2.19. The van der Waals surface area contributed by atoms with Crippen molar-refractivity contribution in [1.82, 2.24) is 4.31 Å². The van der Waals surface area contributed by atoms with Gasteiger partial charge in [0.2, 0.25) is 10.0 Å². The smallest absolute Gasteiger partial charge is 0.255 e. The van der Waals surface area contributed by atoms with E-state index >= 15 is 0 Å². The Labute approximate surface area is 173 Å². The monoisotopic (exact) mass is 415 g/mol. The highest BCUT2D eigenvalue weighted by atomic mass is 32.2. The highest BCUT2D eigenvalue weighted by Crippen LogP contribution is 2.26. The Morgan fingerprint density at radius 3 is 2.34 bits per heavy atom. The number of amides is 1. The molecule has 2 aromatic rings. The minimum absolute atomic E-state index is 0.158. The van der Waals surface area contributed by atoms with E-state index in [-0.39, 0.29) is 10.8 Å². The SMILES string of the molecule is Cc1cc(C(=O)Nc2ccc(N3CCC(C)C3)cc2)cc(S(=O)(=O)N(C)C)c1C. The summed E-state index contributed by atoms with van der Waals surface area (Å²) in [6.07, 6.45) is 1.20. The van der Waals surface area contributed by atoms with Crippen LogP contribution in [0.25, 0.3) is 0 Å². The summed E-state index contributed by atoms with van der Waals surface area (Å²) in [4.78, 5) is 15.3. The maximum atomic E-state index is 12.8. The summed E-state index contributed by atoms with van der Waals surface area (Å²) in [5.74, 6) is 0.373. The molecule has 29 heavy (non-hydrogen) atoms. The Kier molecular flexibility index (Phi) is 6.00. The number of aryl methyl sites for hydroxylation is 1. The molecule has 1 N–H and O–H groups in total. The molecule has 1 heterocycles. The fourth-order valence-electron chi connectivity index (χ4n) is 3.55. The molecule has 1 aliphatic heterocycles. The molecule has 1 atom stereocenters. The van der Waals surface area contributed by atoms with Gasteiger partial charge in [0.15, 0.2) is 0 Å². The average Bonchev–Trinajstić information content (AvgIpc) is 3.10. The number of nitrogens with zero attached hydrogens (tertiary/aromatic N) is 2. The first-order valence-electron chi connectivity index (χ1n) is 9.79. The van der Waals surface area contributed by atoms with Gasteiger partial charge in [0, 0.05) is 44.1 Å². The van der Waals surface area contributed by atoms with Gasteiger partial charge < -0.3 is 10.2 Å². The summed E-state index contributed by atoms with van der Waals surface area (Å²) < 4.78 is 26.4. The van der Waals surface area contributed by atoms with Gasteiger partial charge in [-0.25, -0.2) is 12.7 Å². The van der Waals surface area contributed by atoms with Crippen LogP contribution in [0, 0.1) is 19.8 Å². The second kappa shape index (κ2) is 8.16. The van der Waals surface area contributed by atoms with E-state index in [9.17, 15) is 13.2 Å². The summed E-state index contributed by atoms with van der Waals surface area (Å²) in [5.41, 5.74) is 3.57. The number of hydrogen-bond acceptors (Lipinski definition) is 4. The first kappa shape index (κ1) is 21.3. The van der Waals surface area contributed by atoms with Crippen molar-refractivity contribution < 1.29 is 13.2 Å². The van der Waals surface area contributed by atoms with E-state index in [0.29, 0.717) is 22.7 Å². The number of carbonyl (C=O) groups excluding carboxylic acids is 1. The molecule has 1 aliphatic rings. The van der Waals surface area contributed by atoms with E-state index in [1.807, 2.05) is 31.2 Å². The second-order valence-corrected chi connectivity index (χ2v) is 10.2. The Morgan fingerprint density at radius 2 is 1.79 bits per heavy atom. The first-order chi connectivity index (χ1) is 13.6. The lowest BCUT2D eigenvalue weighted by atomic mass is 10.1. The Bertz CT molecular complexity index is 1010.